The molecule has 0 N–H and O–H groups in total. The predicted molar refractivity (Wildman–Crippen MR) is 131 cm³/mol. The summed E-state index contributed by atoms with van der Waals surface area (Å²) in [5, 5.41) is 4.13. The highest BCUT2D eigenvalue weighted by Gasteiger charge is 2.20. The molecule has 34 heavy (non-hydrogen) atoms. The molecule has 0 spiro atoms. The van der Waals surface area contributed by atoms with E-state index in [4.69, 9.17) is 18.9 Å². The third kappa shape index (κ3) is 4.96. The molecule has 6 heteroatoms. The second-order valence-electron chi connectivity index (χ2n) is 7.68. The lowest BCUT2D eigenvalue weighted by atomic mass is 9.92. The Kier molecular flexibility index (Phi) is 7.28. The van der Waals surface area contributed by atoms with E-state index in [0.29, 0.717) is 11.5 Å². The molecule has 4 aromatic rings. The number of carbonyl (C=O) groups excluding carboxylic acids is 2. The van der Waals surface area contributed by atoms with Gasteiger partial charge < -0.3 is 18.9 Å². The maximum absolute atomic E-state index is 11.7. The maximum atomic E-state index is 11.7. The van der Waals surface area contributed by atoms with E-state index in [0.717, 1.165) is 32.7 Å². The first-order valence-corrected chi connectivity index (χ1v) is 11.1. The average Bonchev–Trinajstić information content (AvgIpc) is 2.88. The molecule has 0 radical (unpaired) electrons. The van der Waals surface area contributed by atoms with E-state index in [2.05, 4.69) is 24.3 Å². The van der Waals surface area contributed by atoms with E-state index in [9.17, 15) is 9.59 Å². The standard InChI is InChI=1S/C28H26O6/c1-31-25(29)14-16-33-24-18-20-9-4-6-12-22(20)27(28(24)34-17-15-26(30)32-2)23-13-7-10-19-8-3-5-11-21(19)23/h3-13,18H,14-17H2,1-2H3. The number of hydrogen-bond donors (Lipinski definition) is 0. The van der Waals surface area contributed by atoms with E-state index in [1.54, 1.807) is 0 Å². The fraction of sp³-hybridized carbons (Fsp3) is 0.214. The van der Waals surface area contributed by atoms with Gasteiger partial charge in [-0.15, -0.1) is 0 Å². The smallest absolute Gasteiger partial charge is 0.308 e. The van der Waals surface area contributed by atoms with Crippen molar-refractivity contribution in [2.45, 2.75) is 12.8 Å². The third-order valence-electron chi connectivity index (χ3n) is 5.60. The van der Waals surface area contributed by atoms with Crippen LogP contribution in [-0.4, -0.2) is 39.4 Å². The van der Waals surface area contributed by atoms with E-state index in [1.807, 2.05) is 48.5 Å². The summed E-state index contributed by atoms with van der Waals surface area (Å²) in [5.41, 5.74) is 1.86. The number of fused-ring (bicyclic) bond motifs is 2. The zero-order valence-electron chi connectivity index (χ0n) is 19.2. The lowest BCUT2D eigenvalue weighted by Gasteiger charge is -2.20. The van der Waals surface area contributed by atoms with Gasteiger partial charge in [0.1, 0.15) is 0 Å². The van der Waals surface area contributed by atoms with E-state index >= 15 is 0 Å². The highest BCUT2D eigenvalue weighted by molar-refractivity contribution is 6.08. The van der Waals surface area contributed by atoms with Crippen LogP contribution in [0.25, 0.3) is 32.7 Å². The molecule has 0 saturated heterocycles. The van der Waals surface area contributed by atoms with E-state index in [1.165, 1.54) is 14.2 Å². The molecule has 0 aliphatic rings. The summed E-state index contributed by atoms with van der Waals surface area (Å²) >= 11 is 0. The van der Waals surface area contributed by atoms with Crippen LogP contribution in [-0.2, 0) is 19.1 Å². The van der Waals surface area contributed by atoms with Gasteiger partial charge in [-0.05, 0) is 33.2 Å². The number of rotatable bonds is 9. The molecule has 0 unspecified atom stereocenters. The summed E-state index contributed by atoms with van der Waals surface area (Å²) in [4.78, 5) is 23.4. The molecular formula is C28H26O6. The first kappa shape index (κ1) is 23.1. The topological polar surface area (TPSA) is 71.1 Å². The highest BCUT2D eigenvalue weighted by atomic mass is 16.5. The van der Waals surface area contributed by atoms with Gasteiger partial charge in [0.2, 0.25) is 0 Å². The SMILES string of the molecule is COC(=O)CCOc1cc2ccccc2c(-c2cccc3ccccc23)c1OCCC(=O)OC. The number of carbonyl (C=O) groups is 2. The largest absolute Gasteiger partial charge is 0.489 e. The second kappa shape index (κ2) is 10.7. The van der Waals surface area contributed by atoms with E-state index < -0.39 is 0 Å². The van der Waals surface area contributed by atoms with E-state index in [-0.39, 0.29) is 38.0 Å². The number of esters is 2. The quantitative estimate of drug-likeness (QED) is 0.307. The third-order valence-corrected chi connectivity index (χ3v) is 5.60. The van der Waals surface area contributed by atoms with Gasteiger partial charge in [0, 0.05) is 5.56 Å². The van der Waals surface area contributed by atoms with Crippen LogP contribution >= 0.6 is 0 Å². The van der Waals surface area contributed by atoms with Crippen molar-refractivity contribution in [1.29, 1.82) is 0 Å². The Balaban J connectivity index is 1.89. The minimum Gasteiger partial charge on any atom is -0.489 e. The van der Waals surface area contributed by atoms with Crippen LogP contribution in [0, 0.1) is 0 Å². The summed E-state index contributed by atoms with van der Waals surface area (Å²) in [6.45, 7) is 0.253. The zero-order chi connectivity index (χ0) is 23.9. The zero-order valence-corrected chi connectivity index (χ0v) is 19.2. The van der Waals surface area contributed by atoms with Crippen LogP contribution in [0.5, 0.6) is 11.5 Å². The molecule has 0 aromatic heterocycles. The van der Waals surface area contributed by atoms with Crippen LogP contribution in [0.3, 0.4) is 0 Å². The summed E-state index contributed by atoms with van der Waals surface area (Å²) in [5.74, 6) is 0.295. The predicted octanol–water partition coefficient (Wildman–Crippen LogP) is 5.54. The van der Waals surface area contributed by atoms with Gasteiger partial charge in [-0.1, -0.05) is 66.7 Å². The van der Waals surface area contributed by atoms with Crippen molar-refractivity contribution in [2.75, 3.05) is 27.4 Å². The molecule has 6 nitrogen and oxygen atoms in total. The molecule has 0 aliphatic heterocycles. The van der Waals surface area contributed by atoms with Crippen molar-refractivity contribution in [3.8, 4) is 22.6 Å². The molecule has 0 heterocycles. The van der Waals surface area contributed by atoms with Crippen molar-refractivity contribution in [1.82, 2.24) is 0 Å². The van der Waals surface area contributed by atoms with Crippen LogP contribution in [0.15, 0.2) is 72.8 Å². The molecule has 0 bridgehead atoms. The summed E-state index contributed by atoms with van der Waals surface area (Å²) in [6, 6.07) is 24.2. The number of methoxy groups -OCH3 is 2. The van der Waals surface area contributed by atoms with Gasteiger partial charge in [-0.3, -0.25) is 9.59 Å². The molecule has 4 aromatic carbocycles. The van der Waals surface area contributed by atoms with Gasteiger partial charge in [0.25, 0.3) is 0 Å². The molecule has 0 atom stereocenters. The lowest BCUT2D eigenvalue weighted by molar-refractivity contribution is -0.142. The lowest BCUT2D eigenvalue weighted by Crippen LogP contribution is -2.11. The van der Waals surface area contributed by atoms with Crippen molar-refractivity contribution < 1.29 is 28.5 Å². The molecule has 0 saturated carbocycles. The fourth-order valence-corrected chi connectivity index (χ4v) is 3.95. The van der Waals surface area contributed by atoms with Gasteiger partial charge in [-0.2, -0.15) is 0 Å². The van der Waals surface area contributed by atoms with Crippen molar-refractivity contribution in [2.24, 2.45) is 0 Å². The minimum atomic E-state index is -0.361. The Labute approximate surface area is 198 Å². The Morgan fingerprint density at radius 2 is 1.26 bits per heavy atom. The normalized spacial score (nSPS) is 10.8. The minimum absolute atomic E-state index is 0.0971. The van der Waals surface area contributed by atoms with Crippen LogP contribution in [0.2, 0.25) is 0 Å². The maximum Gasteiger partial charge on any atom is 0.308 e. The van der Waals surface area contributed by atoms with Gasteiger partial charge in [0.05, 0.1) is 40.3 Å². The Morgan fingerprint density at radius 3 is 1.97 bits per heavy atom. The molecule has 0 amide bonds. The van der Waals surface area contributed by atoms with Crippen LogP contribution in [0.1, 0.15) is 12.8 Å². The Morgan fingerprint density at radius 1 is 0.676 bits per heavy atom. The van der Waals surface area contributed by atoms with Crippen LogP contribution < -0.4 is 9.47 Å². The van der Waals surface area contributed by atoms with Crippen molar-refractivity contribution in [3.63, 3.8) is 0 Å². The number of benzene rings is 4. The molecule has 4 rings (SSSR count). The monoisotopic (exact) mass is 458 g/mol. The van der Waals surface area contributed by atoms with Crippen molar-refractivity contribution >= 4 is 33.5 Å². The summed E-state index contributed by atoms with van der Waals surface area (Å²) < 4.78 is 21.7. The average molecular weight is 459 g/mol. The fourth-order valence-electron chi connectivity index (χ4n) is 3.95. The molecular weight excluding hydrogens is 432 g/mol. The second-order valence-corrected chi connectivity index (χ2v) is 7.68. The van der Waals surface area contributed by atoms with Crippen molar-refractivity contribution in [3.05, 3.63) is 72.8 Å². The molecule has 0 fully saturated rings. The molecule has 174 valence electrons. The van der Waals surface area contributed by atoms with Crippen LogP contribution in [0.4, 0.5) is 0 Å². The molecule has 0 aliphatic carbocycles. The first-order chi connectivity index (χ1) is 16.6. The van der Waals surface area contributed by atoms with Gasteiger partial charge in [0.15, 0.2) is 11.5 Å². The highest BCUT2D eigenvalue weighted by Crippen LogP contribution is 2.46. The number of hydrogen-bond acceptors (Lipinski definition) is 6. The van der Waals surface area contributed by atoms with Gasteiger partial charge in [-0.25, -0.2) is 0 Å². The number of ether oxygens (including phenoxy) is 4. The Hall–Kier alpha value is -4.06. The summed E-state index contributed by atoms with van der Waals surface area (Å²) in [7, 11) is 2.69. The Bertz CT molecular complexity index is 1320. The first-order valence-electron chi connectivity index (χ1n) is 11.1. The van der Waals surface area contributed by atoms with Gasteiger partial charge >= 0.3 is 11.9 Å². The summed E-state index contributed by atoms with van der Waals surface area (Å²) in [6.07, 6.45) is 0.203.